The molecule has 0 radical (unpaired) electrons. The number of thiocarbonyl (C=S) groups is 1. The molecule has 1 fully saturated rings. The molecule has 4 N–H and O–H groups in total. The van der Waals surface area contributed by atoms with Crippen molar-refractivity contribution in [2.45, 2.75) is 4.90 Å². The maximum atomic E-state index is 12.8. The third-order valence-electron chi connectivity index (χ3n) is 4.25. The molecule has 12 heteroatoms. The molecule has 2 aromatic carbocycles. The summed E-state index contributed by atoms with van der Waals surface area (Å²) in [5.41, 5.74) is 6.62. The molecule has 30 heavy (non-hydrogen) atoms. The van der Waals surface area contributed by atoms with E-state index in [-0.39, 0.29) is 28.7 Å². The van der Waals surface area contributed by atoms with Gasteiger partial charge in [-0.15, -0.1) is 0 Å². The standard InChI is InChI=1S/C18H19ClN4O5S2/c19-15-6-5-14(30(26,27)23-7-9-28-10-8-23)11-16(15)20-18(29)22-21-13-3-1-12(2-4-13)17(24)25/h1-6,11,21H,7-10H2,(H,24,25)(H2,20,22,29). The molecule has 0 aliphatic carbocycles. The molecule has 0 atom stereocenters. The van der Waals surface area contributed by atoms with Crippen LogP contribution < -0.4 is 16.2 Å². The third-order valence-corrected chi connectivity index (χ3v) is 6.67. The lowest BCUT2D eigenvalue weighted by atomic mass is 10.2. The summed E-state index contributed by atoms with van der Waals surface area (Å²) in [6.45, 7) is 1.28. The predicted molar refractivity (Wildman–Crippen MR) is 117 cm³/mol. The molecule has 1 saturated heterocycles. The number of rotatable bonds is 6. The van der Waals surface area contributed by atoms with Gasteiger partial charge in [-0.3, -0.25) is 10.9 Å². The van der Waals surface area contributed by atoms with Crippen molar-refractivity contribution in [3.63, 3.8) is 0 Å². The van der Waals surface area contributed by atoms with Crippen LogP contribution in [0.1, 0.15) is 10.4 Å². The Bertz CT molecular complexity index is 1040. The Kier molecular flexibility index (Phi) is 7.10. The Hall–Kier alpha value is -2.44. The first-order valence-electron chi connectivity index (χ1n) is 8.81. The number of ether oxygens (including phenoxy) is 1. The van der Waals surface area contributed by atoms with Crippen molar-refractivity contribution >= 4 is 56.3 Å². The first kappa shape index (κ1) is 22.2. The van der Waals surface area contributed by atoms with Crippen LogP contribution in [0, 0.1) is 0 Å². The van der Waals surface area contributed by atoms with Gasteiger partial charge in [0.05, 0.1) is 40.1 Å². The first-order chi connectivity index (χ1) is 14.3. The summed E-state index contributed by atoms with van der Waals surface area (Å²) in [6, 6.07) is 10.4. The molecular formula is C18H19ClN4O5S2. The fourth-order valence-corrected chi connectivity index (χ4v) is 4.44. The highest BCUT2D eigenvalue weighted by Gasteiger charge is 2.27. The SMILES string of the molecule is O=C(O)c1ccc(NNC(=S)Nc2cc(S(=O)(=O)N3CCOCC3)ccc2Cl)cc1. The molecule has 0 saturated carbocycles. The van der Waals surface area contributed by atoms with Gasteiger partial charge in [0.2, 0.25) is 10.0 Å². The average Bonchev–Trinajstić information content (AvgIpc) is 2.74. The van der Waals surface area contributed by atoms with Gasteiger partial charge >= 0.3 is 5.97 Å². The zero-order valence-electron chi connectivity index (χ0n) is 15.6. The van der Waals surface area contributed by atoms with E-state index in [9.17, 15) is 13.2 Å². The van der Waals surface area contributed by atoms with E-state index in [0.29, 0.717) is 29.6 Å². The lowest BCUT2D eigenvalue weighted by Gasteiger charge is -2.26. The molecule has 0 spiro atoms. The first-order valence-corrected chi connectivity index (χ1v) is 11.0. The van der Waals surface area contributed by atoms with Crippen molar-refractivity contribution in [3.05, 3.63) is 53.1 Å². The summed E-state index contributed by atoms with van der Waals surface area (Å²) in [5.74, 6) is -1.02. The number of nitrogens with one attached hydrogen (secondary N) is 3. The van der Waals surface area contributed by atoms with Crippen LogP contribution >= 0.6 is 23.8 Å². The molecule has 0 bridgehead atoms. The summed E-state index contributed by atoms with van der Waals surface area (Å²) in [6.07, 6.45) is 0. The van der Waals surface area contributed by atoms with Crippen molar-refractivity contribution in [2.24, 2.45) is 0 Å². The van der Waals surface area contributed by atoms with Gasteiger partial charge in [0.15, 0.2) is 5.11 Å². The molecule has 0 aromatic heterocycles. The number of aromatic carboxylic acids is 1. The second-order valence-corrected chi connectivity index (χ2v) is 9.00. The predicted octanol–water partition coefficient (Wildman–Crippen LogP) is 2.37. The lowest BCUT2D eigenvalue weighted by Crippen LogP contribution is -2.40. The van der Waals surface area contributed by atoms with Gasteiger partial charge in [0.1, 0.15) is 0 Å². The van der Waals surface area contributed by atoms with Gasteiger partial charge < -0.3 is 15.2 Å². The van der Waals surface area contributed by atoms with Gasteiger partial charge in [-0.25, -0.2) is 13.2 Å². The monoisotopic (exact) mass is 470 g/mol. The number of hydrogen-bond donors (Lipinski definition) is 4. The minimum absolute atomic E-state index is 0.0938. The molecule has 0 unspecified atom stereocenters. The number of halogens is 1. The van der Waals surface area contributed by atoms with E-state index in [1.165, 1.54) is 34.6 Å². The maximum absolute atomic E-state index is 12.8. The molecule has 2 aromatic rings. The van der Waals surface area contributed by atoms with Crippen LogP contribution in [0.25, 0.3) is 0 Å². The van der Waals surface area contributed by atoms with E-state index >= 15 is 0 Å². The topological polar surface area (TPSA) is 120 Å². The third kappa shape index (κ3) is 5.37. The van der Waals surface area contributed by atoms with Crippen LogP contribution in [0.3, 0.4) is 0 Å². The van der Waals surface area contributed by atoms with Gasteiger partial charge in [-0.2, -0.15) is 4.31 Å². The van der Waals surface area contributed by atoms with Crippen molar-refractivity contribution in [3.8, 4) is 0 Å². The van der Waals surface area contributed by atoms with E-state index in [4.69, 9.17) is 33.7 Å². The number of morpholine rings is 1. The number of carboxylic acid groups (broad SMARTS) is 1. The number of anilines is 2. The highest BCUT2D eigenvalue weighted by Crippen LogP contribution is 2.27. The van der Waals surface area contributed by atoms with Gasteiger partial charge in [0.25, 0.3) is 0 Å². The Morgan fingerprint density at radius 3 is 2.43 bits per heavy atom. The minimum atomic E-state index is -3.68. The van der Waals surface area contributed by atoms with Gasteiger partial charge in [0, 0.05) is 13.1 Å². The Labute approximate surface area is 184 Å². The number of hydrazine groups is 1. The van der Waals surface area contributed by atoms with Crippen LogP contribution in [0.5, 0.6) is 0 Å². The van der Waals surface area contributed by atoms with Crippen molar-refractivity contribution in [1.82, 2.24) is 9.73 Å². The van der Waals surface area contributed by atoms with E-state index in [0.717, 1.165) is 0 Å². The molecule has 1 aliphatic rings. The van der Waals surface area contributed by atoms with Crippen molar-refractivity contribution < 1.29 is 23.1 Å². The van der Waals surface area contributed by atoms with Crippen molar-refractivity contribution in [1.29, 1.82) is 0 Å². The summed E-state index contributed by atoms with van der Waals surface area (Å²) in [5, 5.41) is 12.2. The molecule has 1 heterocycles. The molecule has 160 valence electrons. The van der Waals surface area contributed by atoms with Crippen LogP contribution in [-0.2, 0) is 14.8 Å². The zero-order valence-corrected chi connectivity index (χ0v) is 18.0. The van der Waals surface area contributed by atoms with E-state index < -0.39 is 16.0 Å². The van der Waals surface area contributed by atoms with Crippen molar-refractivity contribution in [2.75, 3.05) is 37.0 Å². The van der Waals surface area contributed by atoms with E-state index in [2.05, 4.69) is 16.2 Å². The Morgan fingerprint density at radius 1 is 1.13 bits per heavy atom. The second kappa shape index (κ2) is 9.58. The highest BCUT2D eigenvalue weighted by atomic mass is 35.5. The normalized spacial score (nSPS) is 14.7. The van der Waals surface area contributed by atoms with Crippen LogP contribution in [-0.4, -0.2) is 55.2 Å². The van der Waals surface area contributed by atoms with Crippen LogP contribution in [0.2, 0.25) is 5.02 Å². The quantitative estimate of drug-likeness (QED) is 0.372. The number of sulfonamides is 1. The molecule has 0 amide bonds. The molecular weight excluding hydrogens is 452 g/mol. The second-order valence-electron chi connectivity index (χ2n) is 6.24. The molecule has 3 rings (SSSR count). The highest BCUT2D eigenvalue weighted by molar-refractivity contribution is 7.89. The number of benzene rings is 2. The number of carbonyl (C=O) groups is 1. The van der Waals surface area contributed by atoms with Gasteiger partial charge in [-0.1, -0.05) is 11.6 Å². The largest absolute Gasteiger partial charge is 0.478 e. The Morgan fingerprint density at radius 2 is 1.80 bits per heavy atom. The Balaban J connectivity index is 1.66. The van der Waals surface area contributed by atoms with Crippen LogP contribution in [0.15, 0.2) is 47.4 Å². The van der Waals surface area contributed by atoms with E-state index in [1.807, 2.05) is 0 Å². The number of hydrogen-bond acceptors (Lipinski definition) is 6. The number of nitrogens with zero attached hydrogens (tertiary/aromatic N) is 1. The minimum Gasteiger partial charge on any atom is -0.478 e. The summed E-state index contributed by atoms with van der Waals surface area (Å²) in [4.78, 5) is 11.0. The summed E-state index contributed by atoms with van der Waals surface area (Å²) in [7, 11) is -3.68. The smallest absolute Gasteiger partial charge is 0.335 e. The van der Waals surface area contributed by atoms with Crippen LogP contribution in [0.4, 0.5) is 11.4 Å². The zero-order chi connectivity index (χ0) is 21.7. The average molecular weight is 471 g/mol. The molecule has 1 aliphatic heterocycles. The molecule has 9 nitrogen and oxygen atoms in total. The van der Waals surface area contributed by atoms with E-state index in [1.54, 1.807) is 12.1 Å². The maximum Gasteiger partial charge on any atom is 0.335 e. The number of carboxylic acids is 1. The summed E-state index contributed by atoms with van der Waals surface area (Å²) < 4.78 is 32.2. The van der Waals surface area contributed by atoms with Gasteiger partial charge in [-0.05, 0) is 54.7 Å². The fourth-order valence-electron chi connectivity index (χ4n) is 2.68. The summed E-state index contributed by atoms with van der Waals surface area (Å²) >= 11 is 11.4. The lowest BCUT2D eigenvalue weighted by molar-refractivity contribution is 0.0697. The fraction of sp³-hybridized carbons (Fsp3) is 0.222.